The van der Waals surface area contributed by atoms with E-state index in [1.165, 1.54) is 12.8 Å². The molecule has 4 heteroatoms. The molecule has 3 rings (SSSR count). The van der Waals surface area contributed by atoms with E-state index in [4.69, 9.17) is 22.3 Å². The Morgan fingerprint density at radius 1 is 1.38 bits per heavy atom. The second-order valence-electron chi connectivity index (χ2n) is 6.56. The van der Waals surface area contributed by atoms with Gasteiger partial charge in [0, 0.05) is 11.6 Å². The van der Waals surface area contributed by atoms with Crippen LogP contribution in [0.3, 0.4) is 0 Å². The highest BCUT2D eigenvalue weighted by molar-refractivity contribution is 6.31. The number of hydrogen-bond acceptors (Lipinski definition) is 2. The Labute approximate surface area is 131 Å². The van der Waals surface area contributed by atoms with Crippen molar-refractivity contribution in [2.45, 2.75) is 58.0 Å². The van der Waals surface area contributed by atoms with Crippen molar-refractivity contribution in [1.29, 1.82) is 0 Å². The molecule has 0 aliphatic heterocycles. The molecular weight excluding hydrogens is 282 g/mol. The SMILES string of the molecule is CCCn1c(C2(N)CCC(C)CC2)nc2ccc(Cl)cc21. The lowest BCUT2D eigenvalue weighted by Crippen LogP contribution is -2.42. The molecule has 0 bridgehead atoms. The lowest BCUT2D eigenvalue weighted by atomic mass is 9.77. The van der Waals surface area contributed by atoms with E-state index in [1.807, 2.05) is 18.2 Å². The number of imidazole rings is 1. The molecule has 21 heavy (non-hydrogen) atoms. The van der Waals surface area contributed by atoms with Crippen molar-refractivity contribution in [3.63, 3.8) is 0 Å². The molecule has 0 radical (unpaired) electrons. The van der Waals surface area contributed by atoms with Gasteiger partial charge in [0.1, 0.15) is 5.82 Å². The molecule has 1 aliphatic rings. The van der Waals surface area contributed by atoms with Crippen molar-refractivity contribution >= 4 is 22.6 Å². The first kappa shape index (κ1) is 14.9. The van der Waals surface area contributed by atoms with E-state index >= 15 is 0 Å². The van der Waals surface area contributed by atoms with Crippen LogP contribution < -0.4 is 5.73 Å². The van der Waals surface area contributed by atoms with Crippen LogP contribution in [0, 0.1) is 5.92 Å². The maximum Gasteiger partial charge on any atom is 0.130 e. The van der Waals surface area contributed by atoms with Crippen LogP contribution in [0.25, 0.3) is 11.0 Å². The van der Waals surface area contributed by atoms with Crippen molar-refractivity contribution < 1.29 is 0 Å². The number of nitrogens with two attached hydrogens (primary N) is 1. The Kier molecular flexibility index (Phi) is 3.98. The smallest absolute Gasteiger partial charge is 0.130 e. The number of benzene rings is 1. The number of fused-ring (bicyclic) bond motifs is 1. The maximum absolute atomic E-state index is 6.76. The number of hydrogen-bond donors (Lipinski definition) is 1. The van der Waals surface area contributed by atoms with Gasteiger partial charge in [-0.15, -0.1) is 0 Å². The molecule has 2 aromatic rings. The number of halogens is 1. The maximum atomic E-state index is 6.76. The van der Waals surface area contributed by atoms with E-state index in [1.54, 1.807) is 0 Å². The summed E-state index contributed by atoms with van der Waals surface area (Å²) in [4.78, 5) is 4.87. The van der Waals surface area contributed by atoms with Crippen molar-refractivity contribution in [1.82, 2.24) is 9.55 Å². The van der Waals surface area contributed by atoms with Crippen LogP contribution in [0.5, 0.6) is 0 Å². The Balaban J connectivity index is 2.10. The number of aryl methyl sites for hydroxylation is 1. The predicted octanol–water partition coefficient (Wildman–Crippen LogP) is 4.46. The molecule has 1 aliphatic carbocycles. The number of nitrogens with zero attached hydrogens (tertiary/aromatic N) is 2. The van der Waals surface area contributed by atoms with Crippen molar-refractivity contribution in [3.8, 4) is 0 Å². The largest absolute Gasteiger partial charge is 0.326 e. The van der Waals surface area contributed by atoms with Gasteiger partial charge >= 0.3 is 0 Å². The van der Waals surface area contributed by atoms with E-state index in [-0.39, 0.29) is 5.54 Å². The summed E-state index contributed by atoms with van der Waals surface area (Å²) in [6.07, 6.45) is 5.49. The van der Waals surface area contributed by atoms with Crippen molar-refractivity contribution in [2.24, 2.45) is 11.7 Å². The molecule has 114 valence electrons. The van der Waals surface area contributed by atoms with Crippen LogP contribution in [0.15, 0.2) is 18.2 Å². The van der Waals surface area contributed by atoms with Crippen molar-refractivity contribution in [2.75, 3.05) is 0 Å². The lowest BCUT2D eigenvalue weighted by Gasteiger charge is -2.35. The summed E-state index contributed by atoms with van der Waals surface area (Å²) in [7, 11) is 0. The Morgan fingerprint density at radius 3 is 2.76 bits per heavy atom. The first-order chi connectivity index (χ1) is 10.0. The summed E-state index contributed by atoms with van der Waals surface area (Å²) < 4.78 is 2.29. The minimum atomic E-state index is -0.285. The molecule has 1 fully saturated rings. The van der Waals surface area contributed by atoms with Gasteiger partial charge < -0.3 is 10.3 Å². The average molecular weight is 306 g/mol. The molecule has 1 aromatic heterocycles. The van der Waals surface area contributed by atoms with Crippen LogP contribution in [0.1, 0.15) is 51.8 Å². The van der Waals surface area contributed by atoms with Gasteiger partial charge in [0.2, 0.25) is 0 Å². The second kappa shape index (κ2) is 5.62. The molecule has 1 aromatic carbocycles. The normalized spacial score (nSPS) is 26.4. The summed E-state index contributed by atoms with van der Waals surface area (Å²) in [5, 5.41) is 0.759. The number of rotatable bonds is 3. The minimum absolute atomic E-state index is 0.285. The van der Waals surface area contributed by atoms with Crippen molar-refractivity contribution in [3.05, 3.63) is 29.0 Å². The zero-order valence-corrected chi connectivity index (χ0v) is 13.7. The lowest BCUT2D eigenvalue weighted by molar-refractivity contribution is 0.231. The molecule has 1 heterocycles. The van der Waals surface area contributed by atoms with E-state index in [9.17, 15) is 0 Å². The quantitative estimate of drug-likeness (QED) is 0.909. The minimum Gasteiger partial charge on any atom is -0.326 e. The van der Waals surface area contributed by atoms with Gasteiger partial charge in [0.25, 0.3) is 0 Å². The van der Waals surface area contributed by atoms with Gasteiger partial charge in [-0.3, -0.25) is 0 Å². The monoisotopic (exact) mass is 305 g/mol. The van der Waals surface area contributed by atoms with E-state index in [0.29, 0.717) is 0 Å². The topological polar surface area (TPSA) is 43.8 Å². The van der Waals surface area contributed by atoms with E-state index in [2.05, 4.69) is 18.4 Å². The van der Waals surface area contributed by atoms with Crippen LogP contribution in [0.4, 0.5) is 0 Å². The zero-order valence-electron chi connectivity index (χ0n) is 12.9. The summed E-state index contributed by atoms with van der Waals surface area (Å²) in [6.45, 7) is 5.45. The third-order valence-corrected chi connectivity index (χ3v) is 5.00. The van der Waals surface area contributed by atoms with Crippen LogP contribution >= 0.6 is 11.6 Å². The summed E-state index contributed by atoms with van der Waals surface area (Å²) in [5.41, 5.74) is 8.59. The molecule has 0 atom stereocenters. The Bertz CT molecular complexity index is 639. The summed E-state index contributed by atoms with van der Waals surface area (Å²) in [6, 6.07) is 5.92. The van der Waals surface area contributed by atoms with Gasteiger partial charge in [0.15, 0.2) is 0 Å². The van der Waals surface area contributed by atoms with Gasteiger partial charge in [-0.05, 0) is 56.2 Å². The molecular formula is C17H24ClN3. The van der Waals surface area contributed by atoms with Crippen LogP contribution in [0.2, 0.25) is 5.02 Å². The first-order valence-corrected chi connectivity index (χ1v) is 8.36. The first-order valence-electron chi connectivity index (χ1n) is 7.98. The molecule has 2 N–H and O–H groups in total. The number of aromatic nitrogens is 2. The molecule has 0 unspecified atom stereocenters. The molecule has 3 nitrogen and oxygen atoms in total. The third-order valence-electron chi connectivity index (χ3n) is 4.77. The Hall–Kier alpha value is -1.06. The van der Waals surface area contributed by atoms with E-state index < -0.39 is 0 Å². The van der Waals surface area contributed by atoms with Gasteiger partial charge in [0.05, 0.1) is 16.6 Å². The standard InChI is InChI=1S/C17H24ClN3/c1-3-10-21-15-11-13(18)4-5-14(15)20-16(21)17(19)8-6-12(2)7-9-17/h4-5,11-12H,3,6-10,19H2,1-2H3. The zero-order chi connectivity index (χ0) is 15.0. The van der Waals surface area contributed by atoms with E-state index in [0.717, 1.165) is 53.6 Å². The fraction of sp³-hybridized carbons (Fsp3) is 0.588. The summed E-state index contributed by atoms with van der Waals surface area (Å²) >= 11 is 6.17. The highest BCUT2D eigenvalue weighted by atomic mass is 35.5. The molecule has 0 spiro atoms. The van der Waals surface area contributed by atoms with Gasteiger partial charge in [-0.25, -0.2) is 4.98 Å². The second-order valence-corrected chi connectivity index (χ2v) is 7.00. The van der Waals surface area contributed by atoms with Crippen LogP contribution in [-0.2, 0) is 12.1 Å². The Morgan fingerprint density at radius 2 is 2.10 bits per heavy atom. The molecule has 0 amide bonds. The van der Waals surface area contributed by atoms with Gasteiger partial charge in [-0.1, -0.05) is 25.4 Å². The fourth-order valence-corrected chi connectivity index (χ4v) is 3.59. The van der Waals surface area contributed by atoms with Gasteiger partial charge in [-0.2, -0.15) is 0 Å². The predicted molar refractivity (Wildman–Crippen MR) is 88.5 cm³/mol. The summed E-state index contributed by atoms with van der Waals surface area (Å²) in [5.74, 6) is 1.83. The molecule has 1 saturated carbocycles. The highest BCUT2D eigenvalue weighted by Crippen LogP contribution is 2.38. The van der Waals surface area contributed by atoms with Crippen LogP contribution in [-0.4, -0.2) is 9.55 Å². The fourth-order valence-electron chi connectivity index (χ4n) is 3.43. The third kappa shape index (κ3) is 2.69. The average Bonchev–Trinajstić information content (AvgIpc) is 2.82. The highest BCUT2D eigenvalue weighted by Gasteiger charge is 2.36. The molecule has 0 saturated heterocycles.